The van der Waals surface area contributed by atoms with Crippen molar-refractivity contribution < 1.29 is 9.53 Å². The van der Waals surface area contributed by atoms with E-state index in [0.29, 0.717) is 17.4 Å². The third-order valence-corrected chi connectivity index (χ3v) is 3.16. The van der Waals surface area contributed by atoms with E-state index in [-0.39, 0.29) is 12.5 Å². The van der Waals surface area contributed by atoms with Crippen molar-refractivity contribution in [1.29, 1.82) is 0 Å². The Hall–Kier alpha value is -1.91. The van der Waals surface area contributed by atoms with Gasteiger partial charge in [-0.25, -0.2) is 0 Å². The summed E-state index contributed by atoms with van der Waals surface area (Å²) in [5.74, 6) is 1.13. The van der Waals surface area contributed by atoms with Gasteiger partial charge in [0.15, 0.2) is 6.61 Å². The predicted octanol–water partition coefficient (Wildman–Crippen LogP) is 1.24. The van der Waals surface area contributed by atoms with Gasteiger partial charge in [0.2, 0.25) is 0 Å². The second-order valence-corrected chi connectivity index (χ2v) is 5.15. The van der Waals surface area contributed by atoms with Crippen molar-refractivity contribution in [2.24, 2.45) is 5.92 Å². The van der Waals surface area contributed by atoms with E-state index in [1.165, 1.54) is 12.8 Å². The molecule has 0 atom stereocenters. The Labute approximate surface area is 113 Å². The van der Waals surface area contributed by atoms with E-state index in [0.717, 1.165) is 12.2 Å². The van der Waals surface area contributed by atoms with Crippen molar-refractivity contribution in [2.45, 2.75) is 12.8 Å². The van der Waals surface area contributed by atoms with Gasteiger partial charge in [-0.15, -0.1) is 0 Å². The molecule has 0 aromatic heterocycles. The molecule has 1 fully saturated rings. The van der Waals surface area contributed by atoms with Crippen LogP contribution in [0.1, 0.15) is 12.8 Å². The Morgan fingerprint density at radius 2 is 2.21 bits per heavy atom. The van der Waals surface area contributed by atoms with Gasteiger partial charge in [0.05, 0.1) is 5.69 Å². The topological polar surface area (TPSA) is 67.6 Å². The van der Waals surface area contributed by atoms with Gasteiger partial charge in [-0.1, -0.05) is 0 Å². The highest BCUT2D eigenvalue weighted by Crippen LogP contribution is 2.28. The van der Waals surface area contributed by atoms with Gasteiger partial charge < -0.3 is 20.7 Å². The van der Waals surface area contributed by atoms with E-state index >= 15 is 0 Å². The summed E-state index contributed by atoms with van der Waals surface area (Å²) in [4.78, 5) is 13.5. The number of nitrogens with one attached hydrogen (secondary N) is 1. The summed E-state index contributed by atoms with van der Waals surface area (Å²) in [6.07, 6.45) is 2.44. The van der Waals surface area contributed by atoms with E-state index in [2.05, 4.69) is 5.32 Å². The molecule has 5 nitrogen and oxygen atoms in total. The Kier molecular flexibility index (Phi) is 4.14. The third kappa shape index (κ3) is 4.05. The number of nitrogens with zero attached hydrogens (tertiary/aromatic N) is 1. The Bertz CT molecular complexity index is 456. The lowest BCUT2D eigenvalue weighted by Gasteiger charge is -2.15. The van der Waals surface area contributed by atoms with E-state index in [9.17, 15) is 4.79 Å². The van der Waals surface area contributed by atoms with Crippen LogP contribution in [0.5, 0.6) is 5.75 Å². The maximum absolute atomic E-state index is 11.6. The molecule has 2 rings (SSSR count). The lowest BCUT2D eigenvalue weighted by atomic mass is 10.2. The lowest BCUT2D eigenvalue weighted by molar-refractivity contribution is -0.123. The summed E-state index contributed by atoms with van der Waals surface area (Å²) in [7, 11) is 3.88. The van der Waals surface area contributed by atoms with Gasteiger partial charge in [0, 0.05) is 32.4 Å². The third-order valence-electron chi connectivity index (χ3n) is 3.16. The van der Waals surface area contributed by atoms with Crippen LogP contribution >= 0.6 is 0 Å². The van der Waals surface area contributed by atoms with Crippen molar-refractivity contribution >= 4 is 17.3 Å². The van der Waals surface area contributed by atoms with Crippen molar-refractivity contribution in [3.8, 4) is 5.75 Å². The van der Waals surface area contributed by atoms with E-state index in [1.807, 2.05) is 31.1 Å². The molecular weight excluding hydrogens is 242 g/mol. The molecule has 0 saturated heterocycles. The van der Waals surface area contributed by atoms with Crippen molar-refractivity contribution in [2.75, 3.05) is 37.9 Å². The smallest absolute Gasteiger partial charge is 0.257 e. The molecular formula is C14H21N3O2. The zero-order valence-electron chi connectivity index (χ0n) is 11.5. The summed E-state index contributed by atoms with van der Waals surface area (Å²) in [6, 6.07) is 5.53. The van der Waals surface area contributed by atoms with Crippen LogP contribution in [0.4, 0.5) is 11.4 Å². The number of hydrogen-bond acceptors (Lipinski definition) is 4. The molecule has 0 heterocycles. The van der Waals surface area contributed by atoms with Crippen LogP contribution < -0.4 is 20.7 Å². The Morgan fingerprint density at radius 1 is 1.47 bits per heavy atom. The first-order valence-electron chi connectivity index (χ1n) is 6.52. The summed E-state index contributed by atoms with van der Waals surface area (Å²) in [5.41, 5.74) is 7.36. The Morgan fingerprint density at radius 3 is 2.84 bits per heavy atom. The average molecular weight is 263 g/mol. The molecule has 1 aromatic carbocycles. The predicted molar refractivity (Wildman–Crippen MR) is 76.4 cm³/mol. The summed E-state index contributed by atoms with van der Waals surface area (Å²) < 4.78 is 5.48. The molecule has 1 aliphatic carbocycles. The van der Waals surface area contributed by atoms with Crippen molar-refractivity contribution in [1.82, 2.24) is 5.32 Å². The number of amides is 1. The van der Waals surface area contributed by atoms with Crippen LogP contribution in [0.25, 0.3) is 0 Å². The SMILES string of the molecule is CN(C)c1ccc(N)c(OCC(=O)NCC2CC2)c1. The lowest BCUT2D eigenvalue weighted by Crippen LogP contribution is -2.30. The molecule has 5 heteroatoms. The van der Waals surface area contributed by atoms with Gasteiger partial charge in [0.1, 0.15) is 5.75 Å². The number of carbonyl (C=O) groups excluding carboxylic acids is 1. The first kappa shape index (κ1) is 13.5. The number of ether oxygens (including phenoxy) is 1. The molecule has 1 aliphatic rings. The maximum Gasteiger partial charge on any atom is 0.257 e. The number of hydrogen-bond donors (Lipinski definition) is 2. The zero-order valence-corrected chi connectivity index (χ0v) is 11.5. The van der Waals surface area contributed by atoms with Gasteiger partial charge in [0.25, 0.3) is 5.91 Å². The maximum atomic E-state index is 11.6. The molecule has 3 N–H and O–H groups in total. The second kappa shape index (κ2) is 5.82. The number of nitrogens with two attached hydrogens (primary N) is 1. The fraction of sp³-hybridized carbons (Fsp3) is 0.500. The van der Waals surface area contributed by atoms with Crippen LogP contribution in [0.15, 0.2) is 18.2 Å². The largest absolute Gasteiger partial charge is 0.482 e. The molecule has 1 amide bonds. The van der Waals surface area contributed by atoms with Crippen molar-refractivity contribution in [3.63, 3.8) is 0 Å². The van der Waals surface area contributed by atoms with E-state index in [1.54, 1.807) is 6.07 Å². The molecule has 0 aliphatic heterocycles. The van der Waals surface area contributed by atoms with Gasteiger partial charge >= 0.3 is 0 Å². The minimum Gasteiger partial charge on any atom is -0.482 e. The number of carbonyl (C=O) groups is 1. The van der Waals surface area contributed by atoms with Gasteiger partial charge in [-0.05, 0) is 30.9 Å². The highest BCUT2D eigenvalue weighted by molar-refractivity contribution is 5.78. The van der Waals surface area contributed by atoms with E-state index < -0.39 is 0 Å². The van der Waals surface area contributed by atoms with E-state index in [4.69, 9.17) is 10.5 Å². The molecule has 1 aromatic rings. The van der Waals surface area contributed by atoms with Crippen LogP contribution in [0.2, 0.25) is 0 Å². The number of rotatable bonds is 6. The molecule has 19 heavy (non-hydrogen) atoms. The van der Waals surface area contributed by atoms with Gasteiger partial charge in [-0.3, -0.25) is 4.79 Å². The summed E-state index contributed by atoms with van der Waals surface area (Å²) >= 11 is 0. The monoisotopic (exact) mass is 263 g/mol. The first-order valence-corrected chi connectivity index (χ1v) is 6.52. The molecule has 0 spiro atoms. The minimum atomic E-state index is -0.0958. The van der Waals surface area contributed by atoms with Crippen LogP contribution in [0, 0.1) is 5.92 Å². The van der Waals surface area contributed by atoms with Crippen LogP contribution in [-0.2, 0) is 4.79 Å². The first-order chi connectivity index (χ1) is 9.06. The molecule has 0 radical (unpaired) electrons. The second-order valence-electron chi connectivity index (χ2n) is 5.15. The fourth-order valence-electron chi connectivity index (χ4n) is 1.70. The van der Waals surface area contributed by atoms with Crippen LogP contribution in [-0.4, -0.2) is 33.2 Å². The molecule has 0 unspecified atom stereocenters. The zero-order chi connectivity index (χ0) is 13.8. The standard InChI is InChI=1S/C14H21N3O2/c1-17(2)11-5-6-12(15)13(7-11)19-9-14(18)16-8-10-3-4-10/h5-7,10H,3-4,8-9,15H2,1-2H3,(H,16,18). The van der Waals surface area contributed by atoms with Gasteiger partial charge in [-0.2, -0.15) is 0 Å². The number of benzene rings is 1. The number of anilines is 2. The highest BCUT2D eigenvalue weighted by Gasteiger charge is 2.21. The molecule has 104 valence electrons. The highest BCUT2D eigenvalue weighted by atomic mass is 16.5. The average Bonchev–Trinajstić information content (AvgIpc) is 3.19. The Balaban J connectivity index is 1.86. The van der Waals surface area contributed by atoms with Crippen molar-refractivity contribution in [3.05, 3.63) is 18.2 Å². The molecule has 1 saturated carbocycles. The molecule has 0 bridgehead atoms. The fourth-order valence-corrected chi connectivity index (χ4v) is 1.70. The van der Waals surface area contributed by atoms with Crippen LogP contribution in [0.3, 0.4) is 0 Å². The quantitative estimate of drug-likeness (QED) is 0.758. The number of nitrogen functional groups attached to an aromatic ring is 1. The normalized spacial score (nSPS) is 14.0. The minimum absolute atomic E-state index is 0.00774. The summed E-state index contributed by atoms with van der Waals surface area (Å²) in [5, 5.41) is 2.86. The summed E-state index contributed by atoms with van der Waals surface area (Å²) in [6.45, 7) is 0.767.